The van der Waals surface area contributed by atoms with Crippen LogP contribution in [0.4, 0.5) is 0 Å². The van der Waals surface area contributed by atoms with Crippen LogP contribution in [0.1, 0.15) is 27.7 Å². The Morgan fingerprint density at radius 2 is 2.06 bits per heavy atom. The molecule has 1 heterocycles. The van der Waals surface area contributed by atoms with Gasteiger partial charge >= 0.3 is 0 Å². The average molecular weight is 283 g/mol. The molecule has 18 heavy (non-hydrogen) atoms. The molecule has 0 spiro atoms. The van der Waals surface area contributed by atoms with Gasteiger partial charge in [-0.05, 0) is 31.0 Å². The highest BCUT2D eigenvalue weighted by Gasteiger charge is 2.19. The SMILES string of the molecule is COc1c(C(O)c2cc(Cl)cs2)ccc(C)c1C. The lowest BCUT2D eigenvalue weighted by molar-refractivity contribution is 0.218. The van der Waals surface area contributed by atoms with E-state index in [1.54, 1.807) is 13.2 Å². The molecule has 0 aliphatic heterocycles. The fraction of sp³-hybridized carbons (Fsp3) is 0.286. The Morgan fingerprint density at radius 3 is 2.61 bits per heavy atom. The molecule has 96 valence electrons. The van der Waals surface area contributed by atoms with Gasteiger partial charge in [0.25, 0.3) is 0 Å². The van der Waals surface area contributed by atoms with Crippen molar-refractivity contribution in [3.8, 4) is 5.75 Å². The fourth-order valence-electron chi connectivity index (χ4n) is 1.92. The topological polar surface area (TPSA) is 29.5 Å². The van der Waals surface area contributed by atoms with E-state index in [1.807, 2.05) is 31.4 Å². The normalized spacial score (nSPS) is 12.5. The predicted octanol–water partition coefficient (Wildman–Crippen LogP) is 4.11. The van der Waals surface area contributed by atoms with E-state index in [4.69, 9.17) is 16.3 Å². The van der Waals surface area contributed by atoms with Gasteiger partial charge in [0.05, 0.1) is 12.1 Å². The van der Waals surface area contributed by atoms with Crippen LogP contribution in [0.25, 0.3) is 0 Å². The van der Waals surface area contributed by atoms with Crippen LogP contribution in [-0.4, -0.2) is 12.2 Å². The van der Waals surface area contributed by atoms with E-state index in [1.165, 1.54) is 11.3 Å². The van der Waals surface area contributed by atoms with Crippen LogP contribution < -0.4 is 4.74 Å². The van der Waals surface area contributed by atoms with E-state index in [0.717, 1.165) is 27.3 Å². The van der Waals surface area contributed by atoms with Crippen molar-refractivity contribution in [2.75, 3.05) is 7.11 Å². The number of thiophene rings is 1. The minimum Gasteiger partial charge on any atom is -0.496 e. The Kier molecular flexibility index (Phi) is 3.95. The van der Waals surface area contributed by atoms with Gasteiger partial charge in [-0.2, -0.15) is 0 Å². The van der Waals surface area contributed by atoms with Gasteiger partial charge < -0.3 is 9.84 Å². The van der Waals surface area contributed by atoms with Crippen molar-refractivity contribution in [1.82, 2.24) is 0 Å². The molecule has 0 bridgehead atoms. The van der Waals surface area contributed by atoms with Crippen LogP contribution in [0.2, 0.25) is 5.02 Å². The third-order valence-electron chi connectivity index (χ3n) is 3.06. The molecule has 0 radical (unpaired) electrons. The Balaban J connectivity index is 2.48. The molecule has 1 aromatic carbocycles. The van der Waals surface area contributed by atoms with Gasteiger partial charge in [-0.3, -0.25) is 0 Å². The summed E-state index contributed by atoms with van der Waals surface area (Å²) in [6, 6.07) is 5.68. The van der Waals surface area contributed by atoms with Crippen LogP contribution in [0.3, 0.4) is 0 Å². The average Bonchev–Trinajstić information content (AvgIpc) is 2.78. The standard InChI is InChI=1S/C14H15ClO2S/c1-8-4-5-11(14(17-3)9(8)2)13(16)12-6-10(15)7-18-12/h4-7,13,16H,1-3H3. The smallest absolute Gasteiger partial charge is 0.128 e. The summed E-state index contributed by atoms with van der Waals surface area (Å²) < 4.78 is 5.42. The first-order valence-electron chi connectivity index (χ1n) is 5.60. The maximum atomic E-state index is 10.4. The molecule has 2 rings (SSSR count). The monoisotopic (exact) mass is 282 g/mol. The summed E-state index contributed by atoms with van der Waals surface area (Å²) in [5.41, 5.74) is 2.97. The molecule has 1 atom stereocenters. The number of methoxy groups -OCH3 is 1. The number of benzene rings is 1. The van der Waals surface area contributed by atoms with Gasteiger partial charge in [0, 0.05) is 15.8 Å². The molecular weight excluding hydrogens is 268 g/mol. The van der Waals surface area contributed by atoms with Crippen molar-refractivity contribution in [2.45, 2.75) is 20.0 Å². The van der Waals surface area contributed by atoms with Crippen molar-refractivity contribution in [1.29, 1.82) is 0 Å². The zero-order valence-corrected chi connectivity index (χ0v) is 12.1. The van der Waals surface area contributed by atoms with Gasteiger partial charge in [0.2, 0.25) is 0 Å². The molecule has 1 unspecified atom stereocenters. The number of aliphatic hydroxyl groups excluding tert-OH is 1. The summed E-state index contributed by atoms with van der Waals surface area (Å²) in [6.45, 7) is 4.02. The maximum Gasteiger partial charge on any atom is 0.128 e. The molecule has 4 heteroatoms. The number of ether oxygens (including phenoxy) is 1. The first kappa shape index (κ1) is 13.4. The number of hydrogen-bond acceptors (Lipinski definition) is 3. The molecule has 0 fully saturated rings. The molecule has 0 saturated heterocycles. The minimum absolute atomic E-state index is 0.650. The van der Waals surface area contributed by atoms with E-state index in [0.29, 0.717) is 5.02 Å². The highest BCUT2D eigenvalue weighted by molar-refractivity contribution is 7.10. The molecule has 1 N–H and O–H groups in total. The number of hydrogen-bond donors (Lipinski definition) is 1. The second kappa shape index (κ2) is 5.31. The molecule has 2 aromatic rings. The number of halogens is 1. The Labute approximate surface area is 116 Å². The van der Waals surface area contributed by atoms with Gasteiger partial charge in [0.1, 0.15) is 11.9 Å². The Hall–Kier alpha value is -1.03. The molecule has 0 aliphatic rings. The van der Waals surface area contributed by atoms with E-state index in [2.05, 4.69) is 0 Å². The van der Waals surface area contributed by atoms with E-state index in [-0.39, 0.29) is 0 Å². The third kappa shape index (κ3) is 2.39. The van der Waals surface area contributed by atoms with Gasteiger partial charge in [-0.25, -0.2) is 0 Å². The minimum atomic E-state index is -0.697. The summed E-state index contributed by atoms with van der Waals surface area (Å²) in [5.74, 6) is 0.743. The maximum absolute atomic E-state index is 10.4. The van der Waals surface area contributed by atoms with Crippen LogP contribution >= 0.6 is 22.9 Å². The summed E-state index contributed by atoms with van der Waals surface area (Å²) >= 11 is 7.33. The molecule has 2 nitrogen and oxygen atoms in total. The second-order valence-corrected chi connectivity index (χ2v) is 5.58. The van der Waals surface area contributed by atoms with E-state index in [9.17, 15) is 5.11 Å². The summed E-state index contributed by atoms with van der Waals surface area (Å²) in [5, 5.41) is 12.9. The van der Waals surface area contributed by atoms with Crippen molar-refractivity contribution in [2.24, 2.45) is 0 Å². The number of rotatable bonds is 3. The first-order valence-corrected chi connectivity index (χ1v) is 6.86. The van der Waals surface area contributed by atoms with Crippen LogP contribution in [0.5, 0.6) is 5.75 Å². The molecule has 0 aliphatic carbocycles. The van der Waals surface area contributed by atoms with E-state index < -0.39 is 6.10 Å². The molecule has 0 saturated carbocycles. The zero-order chi connectivity index (χ0) is 13.3. The summed E-state index contributed by atoms with van der Waals surface area (Å²) in [7, 11) is 1.62. The zero-order valence-electron chi connectivity index (χ0n) is 10.5. The first-order chi connectivity index (χ1) is 8.54. The van der Waals surface area contributed by atoms with E-state index >= 15 is 0 Å². The lowest BCUT2D eigenvalue weighted by Gasteiger charge is -2.17. The van der Waals surface area contributed by atoms with Crippen molar-refractivity contribution < 1.29 is 9.84 Å². The van der Waals surface area contributed by atoms with Crippen molar-refractivity contribution in [3.05, 3.63) is 50.2 Å². The number of aryl methyl sites for hydroxylation is 1. The summed E-state index contributed by atoms with van der Waals surface area (Å²) in [6.07, 6.45) is -0.697. The highest BCUT2D eigenvalue weighted by atomic mass is 35.5. The van der Waals surface area contributed by atoms with Crippen molar-refractivity contribution >= 4 is 22.9 Å². The summed E-state index contributed by atoms with van der Waals surface area (Å²) in [4.78, 5) is 0.821. The van der Waals surface area contributed by atoms with Gasteiger partial charge in [0.15, 0.2) is 0 Å². The van der Waals surface area contributed by atoms with Gasteiger partial charge in [-0.1, -0.05) is 23.7 Å². The molecule has 0 amide bonds. The van der Waals surface area contributed by atoms with Crippen LogP contribution in [0, 0.1) is 13.8 Å². The lowest BCUT2D eigenvalue weighted by Crippen LogP contribution is -2.03. The fourth-order valence-corrected chi connectivity index (χ4v) is 3.01. The third-order valence-corrected chi connectivity index (χ3v) is 4.40. The lowest BCUT2D eigenvalue weighted by atomic mass is 10.00. The molecular formula is C14H15ClO2S. The quantitative estimate of drug-likeness (QED) is 0.918. The van der Waals surface area contributed by atoms with Crippen molar-refractivity contribution in [3.63, 3.8) is 0 Å². The van der Waals surface area contributed by atoms with Crippen LogP contribution in [-0.2, 0) is 0 Å². The van der Waals surface area contributed by atoms with Crippen LogP contribution in [0.15, 0.2) is 23.6 Å². The Morgan fingerprint density at radius 1 is 1.33 bits per heavy atom. The van der Waals surface area contributed by atoms with Gasteiger partial charge in [-0.15, -0.1) is 11.3 Å². The second-order valence-electron chi connectivity index (χ2n) is 4.20. The highest BCUT2D eigenvalue weighted by Crippen LogP contribution is 2.36. The predicted molar refractivity (Wildman–Crippen MR) is 75.9 cm³/mol. The molecule has 1 aromatic heterocycles. The Bertz CT molecular complexity index is 563. The number of aliphatic hydroxyl groups is 1. The largest absolute Gasteiger partial charge is 0.496 e.